The van der Waals surface area contributed by atoms with E-state index in [1.54, 1.807) is 13.2 Å². The van der Waals surface area contributed by atoms with Gasteiger partial charge in [-0.2, -0.15) is 0 Å². The molecule has 0 bridgehead atoms. The highest BCUT2D eigenvalue weighted by Gasteiger charge is 2.11. The highest BCUT2D eigenvalue weighted by Crippen LogP contribution is 2.19. The average molecular weight is 225 g/mol. The van der Waals surface area contributed by atoms with Crippen molar-refractivity contribution in [2.75, 3.05) is 20.3 Å². The van der Waals surface area contributed by atoms with Gasteiger partial charge in [-0.05, 0) is 25.5 Å². The van der Waals surface area contributed by atoms with Gasteiger partial charge in [-0.15, -0.1) is 0 Å². The fraction of sp³-hybridized carbons (Fsp3) is 0.538. The van der Waals surface area contributed by atoms with Crippen molar-refractivity contribution in [1.29, 1.82) is 0 Å². The molecule has 0 saturated heterocycles. The molecule has 1 atom stereocenters. The van der Waals surface area contributed by atoms with Crippen molar-refractivity contribution in [2.24, 2.45) is 0 Å². The Morgan fingerprint density at radius 2 is 2.12 bits per heavy atom. The minimum Gasteiger partial charge on any atom is -0.385 e. The Morgan fingerprint density at radius 3 is 2.75 bits per heavy atom. The molecule has 1 N–H and O–H groups in total. The first-order valence-electron chi connectivity index (χ1n) is 5.76. The van der Waals surface area contributed by atoms with Gasteiger partial charge in [-0.3, -0.25) is 0 Å². The summed E-state index contributed by atoms with van der Waals surface area (Å²) in [4.78, 5) is 0. The van der Waals surface area contributed by atoms with E-state index in [1.165, 1.54) is 6.07 Å². The van der Waals surface area contributed by atoms with E-state index in [-0.39, 0.29) is 11.9 Å². The van der Waals surface area contributed by atoms with E-state index in [0.29, 0.717) is 0 Å². The van der Waals surface area contributed by atoms with Crippen LogP contribution in [0, 0.1) is 5.82 Å². The number of ether oxygens (including phenoxy) is 1. The molecule has 0 spiro atoms. The molecule has 0 aliphatic carbocycles. The quantitative estimate of drug-likeness (QED) is 0.720. The highest BCUT2D eigenvalue weighted by molar-refractivity contribution is 5.20. The van der Waals surface area contributed by atoms with Crippen molar-refractivity contribution < 1.29 is 9.13 Å². The van der Waals surface area contributed by atoms with Crippen LogP contribution >= 0.6 is 0 Å². The lowest BCUT2D eigenvalue weighted by molar-refractivity contribution is 0.193. The summed E-state index contributed by atoms with van der Waals surface area (Å²) in [5.41, 5.74) is 0.752. The lowest BCUT2D eigenvalue weighted by atomic mass is 10.0. The van der Waals surface area contributed by atoms with Gasteiger partial charge in [0, 0.05) is 25.3 Å². The van der Waals surface area contributed by atoms with E-state index in [1.807, 2.05) is 12.1 Å². The van der Waals surface area contributed by atoms with Crippen molar-refractivity contribution >= 4 is 0 Å². The molecule has 90 valence electrons. The largest absolute Gasteiger partial charge is 0.385 e. The predicted octanol–water partition coefficient (Wildman–Crippen LogP) is 2.90. The van der Waals surface area contributed by atoms with Gasteiger partial charge in [0.1, 0.15) is 5.82 Å². The molecule has 0 fully saturated rings. The van der Waals surface area contributed by atoms with Crippen LogP contribution in [0.25, 0.3) is 0 Å². The summed E-state index contributed by atoms with van der Waals surface area (Å²) in [6.07, 6.45) is 1.83. The van der Waals surface area contributed by atoms with Crippen LogP contribution in [0.2, 0.25) is 0 Å². The van der Waals surface area contributed by atoms with E-state index in [4.69, 9.17) is 4.74 Å². The zero-order valence-electron chi connectivity index (χ0n) is 10.0. The molecule has 0 aromatic heterocycles. The Balaban J connectivity index is 2.51. The maximum Gasteiger partial charge on any atom is 0.127 e. The summed E-state index contributed by atoms with van der Waals surface area (Å²) in [7, 11) is 1.69. The third-order valence-corrected chi connectivity index (χ3v) is 2.60. The third-order valence-electron chi connectivity index (χ3n) is 2.60. The molecule has 1 rings (SSSR count). The summed E-state index contributed by atoms with van der Waals surface area (Å²) in [6, 6.07) is 7.04. The van der Waals surface area contributed by atoms with Crippen LogP contribution in [0.15, 0.2) is 24.3 Å². The van der Waals surface area contributed by atoms with Gasteiger partial charge >= 0.3 is 0 Å². The average Bonchev–Trinajstić information content (AvgIpc) is 2.31. The summed E-state index contributed by atoms with van der Waals surface area (Å²) in [5.74, 6) is -0.131. The van der Waals surface area contributed by atoms with E-state index in [0.717, 1.165) is 31.6 Å². The molecule has 2 nitrogen and oxygen atoms in total. The molecular formula is C13H20FNO. The normalized spacial score (nSPS) is 12.7. The SMILES string of the molecule is CCC(NCCCOC)c1ccccc1F. The van der Waals surface area contributed by atoms with Gasteiger partial charge in [-0.25, -0.2) is 4.39 Å². The summed E-state index contributed by atoms with van der Waals surface area (Å²) < 4.78 is 18.5. The van der Waals surface area contributed by atoms with Gasteiger partial charge in [0.2, 0.25) is 0 Å². The zero-order valence-corrected chi connectivity index (χ0v) is 10.0. The molecule has 0 aliphatic rings. The highest BCUT2D eigenvalue weighted by atomic mass is 19.1. The number of methoxy groups -OCH3 is 1. The van der Waals surface area contributed by atoms with Crippen molar-refractivity contribution in [3.63, 3.8) is 0 Å². The Labute approximate surface area is 96.8 Å². The van der Waals surface area contributed by atoms with E-state index >= 15 is 0 Å². The van der Waals surface area contributed by atoms with Gasteiger partial charge in [0.15, 0.2) is 0 Å². The minimum absolute atomic E-state index is 0.0954. The van der Waals surface area contributed by atoms with Gasteiger partial charge in [-0.1, -0.05) is 25.1 Å². The molecule has 0 heterocycles. The van der Waals surface area contributed by atoms with Gasteiger partial charge in [0.25, 0.3) is 0 Å². The zero-order chi connectivity index (χ0) is 11.8. The van der Waals surface area contributed by atoms with Crippen molar-refractivity contribution in [3.8, 4) is 0 Å². The van der Waals surface area contributed by atoms with Crippen LogP contribution in [0.5, 0.6) is 0 Å². The molecule has 0 saturated carbocycles. The Bertz CT molecular complexity index is 304. The maximum absolute atomic E-state index is 13.5. The van der Waals surface area contributed by atoms with E-state index in [9.17, 15) is 4.39 Å². The molecule has 1 aromatic carbocycles. The minimum atomic E-state index is -0.131. The number of rotatable bonds is 7. The topological polar surface area (TPSA) is 21.3 Å². The summed E-state index contributed by atoms with van der Waals surface area (Å²) >= 11 is 0. The van der Waals surface area contributed by atoms with Crippen molar-refractivity contribution in [2.45, 2.75) is 25.8 Å². The second-order valence-corrected chi connectivity index (χ2v) is 3.78. The first-order chi connectivity index (χ1) is 7.79. The fourth-order valence-corrected chi connectivity index (χ4v) is 1.72. The van der Waals surface area contributed by atoms with Crippen LogP contribution in [-0.4, -0.2) is 20.3 Å². The van der Waals surface area contributed by atoms with Crippen LogP contribution in [0.3, 0.4) is 0 Å². The molecule has 16 heavy (non-hydrogen) atoms. The number of hydrogen-bond acceptors (Lipinski definition) is 2. The Morgan fingerprint density at radius 1 is 1.38 bits per heavy atom. The lowest BCUT2D eigenvalue weighted by Gasteiger charge is -2.17. The second-order valence-electron chi connectivity index (χ2n) is 3.78. The number of halogens is 1. The number of benzene rings is 1. The van der Waals surface area contributed by atoms with Crippen LogP contribution in [0.4, 0.5) is 4.39 Å². The number of nitrogens with one attached hydrogen (secondary N) is 1. The van der Waals surface area contributed by atoms with Crippen LogP contribution in [-0.2, 0) is 4.74 Å². The summed E-state index contributed by atoms with van der Waals surface area (Å²) in [6.45, 7) is 3.64. The molecule has 0 radical (unpaired) electrons. The summed E-state index contributed by atoms with van der Waals surface area (Å²) in [5, 5.41) is 3.34. The molecule has 1 aromatic rings. The first-order valence-corrected chi connectivity index (χ1v) is 5.76. The molecule has 0 aliphatic heterocycles. The Kier molecular flexibility index (Phi) is 6.04. The number of hydrogen-bond donors (Lipinski definition) is 1. The third kappa shape index (κ3) is 3.91. The lowest BCUT2D eigenvalue weighted by Crippen LogP contribution is -2.23. The van der Waals surface area contributed by atoms with Crippen molar-refractivity contribution in [1.82, 2.24) is 5.32 Å². The van der Waals surface area contributed by atoms with Crippen LogP contribution in [0.1, 0.15) is 31.4 Å². The predicted molar refractivity (Wildman–Crippen MR) is 63.9 cm³/mol. The Hall–Kier alpha value is -0.930. The van der Waals surface area contributed by atoms with Crippen LogP contribution < -0.4 is 5.32 Å². The monoisotopic (exact) mass is 225 g/mol. The molecule has 3 heteroatoms. The van der Waals surface area contributed by atoms with Crippen molar-refractivity contribution in [3.05, 3.63) is 35.6 Å². The maximum atomic E-state index is 13.5. The molecule has 0 amide bonds. The molecular weight excluding hydrogens is 205 g/mol. The van der Waals surface area contributed by atoms with E-state index < -0.39 is 0 Å². The standard InChI is InChI=1S/C13H20FNO/c1-3-13(15-9-6-10-16-2)11-7-4-5-8-12(11)14/h4-5,7-8,13,15H,3,6,9-10H2,1-2H3. The van der Waals surface area contributed by atoms with Gasteiger partial charge in [0.05, 0.1) is 0 Å². The van der Waals surface area contributed by atoms with Gasteiger partial charge < -0.3 is 10.1 Å². The van der Waals surface area contributed by atoms with E-state index in [2.05, 4.69) is 12.2 Å². The fourth-order valence-electron chi connectivity index (χ4n) is 1.72. The smallest absolute Gasteiger partial charge is 0.127 e. The molecule has 1 unspecified atom stereocenters. The second kappa shape index (κ2) is 7.36. The first kappa shape index (κ1) is 13.1.